The Morgan fingerprint density at radius 3 is 2.46 bits per heavy atom. The van der Waals surface area contributed by atoms with Gasteiger partial charge in [0.25, 0.3) is 0 Å². The Balaban J connectivity index is 1.40. The van der Waals surface area contributed by atoms with Crippen LogP contribution in [0.5, 0.6) is 5.75 Å². The van der Waals surface area contributed by atoms with Gasteiger partial charge in [0, 0.05) is 23.8 Å². The maximum Gasteiger partial charge on any atom is 0.417 e. The van der Waals surface area contributed by atoms with E-state index in [9.17, 15) is 27.9 Å². The quantitative estimate of drug-likeness (QED) is 0.586. The Kier molecular flexibility index (Phi) is 6.99. The molecule has 0 saturated carbocycles. The lowest BCUT2D eigenvalue weighted by molar-refractivity contribution is -0.138. The first kappa shape index (κ1) is 25.3. The van der Waals surface area contributed by atoms with E-state index in [0.717, 1.165) is 17.3 Å². The normalized spacial score (nSPS) is 17.6. The molecule has 0 aliphatic carbocycles. The van der Waals surface area contributed by atoms with E-state index in [4.69, 9.17) is 21.4 Å². The van der Waals surface area contributed by atoms with Gasteiger partial charge in [-0.3, -0.25) is 9.69 Å². The average Bonchev–Trinajstić information content (AvgIpc) is 3.02. The van der Waals surface area contributed by atoms with Gasteiger partial charge in [-0.25, -0.2) is 4.79 Å². The fourth-order valence-electron chi connectivity index (χ4n) is 4.90. The van der Waals surface area contributed by atoms with Crippen LogP contribution in [0, 0.1) is 0 Å². The number of β-amino-alcohol motifs (C(OH)–C–C–N with tert-alkyl or cyclic N) is 1. The molecule has 1 spiro atoms. The molecule has 1 amide bonds. The van der Waals surface area contributed by atoms with Crippen molar-refractivity contribution in [3.8, 4) is 5.75 Å². The molecule has 2 aromatic carbocycles. The molecule has 0 aromatic heterocycles. The summed E-state index contributed by atoms with van der Waals surface area (Å²) in [6, 6.07) is 8.11. The zero-order valence-corrected chi connectivity index (χ0v) is 19.4. The van der Waals surface area contributed by atoms with Gasteiger partial charge in [0.2, 0.25) is 5.91 Å². The second kappa shape index (κ2) is 9.67. The number of aliphatic hydroxyl groups is 1. The molecule has 0 atom stereocenters. The van der Waals surface area contributed by atoms with E-state index in [1.165, 1.54) is 6.07 Å². The number of ether oxygens (including phenoxy) is 1. The van der Waals surface area contributed by atoms with Crippen LogP contribution >= 0.6 is 11.6 Å². The maximum absolute atomic E-state index is 13.3. The largest absolute Gasteiger partial charge is 0.492 e. The second-order valence-corrected chi connectivity index (χ2v) is 9.06. The molecule has 7 nitrogen and oxygen atoms in total. The number of benzene rings is 2. The molecule has 0 unspecified atom stereocenters. The summed E-state index contributed by atoms with van der Waals surface area (Å²) in [6.07, 6.45) is -3.75. The van der Waals surface area contributed by atoms with Gasteiger partial charge in [0.1, 0.15) is 12.4 Å². The number of alkyl halides is 3. The van der Waals surface area contributed by atoms with E-state index in [2.05, 4.69) is 4.90 Å². The first-order valence-corrected chi connectivity index (χ1v) is 11.5. The predicted molar refractivity (Wildman–Crippen MR) is 122 cm³/mol. The fraction of sp³-hybridized carbons (Fsp3) is 0.417. The monoisotopic (exact) mass is 512 g/mol. The lowest BCUT2D eigenvalue weighted by Gasteiger charge is -2.38. The third kappa shape index (κ3) is 4.82. The molecule has 2 aromatic rings. The zero-order chi connectivity index (χ0) is 25.4. The highest BCUT2D eigenvalue weighted by Crippen LogP contribution is 2.48. The summed E-state index contributed by atoms with van der Waals surface area (Å²) in [6.45, 7) is 1.71. The number of hydrogen-bond acceptors (Lipinski definition) is 5. The zero-order valence-electron chi connectivity index (χ0n) is 18.6. The van der Waals surface area contributed by atoms with Gasteiger partial charge in [0.15, 0.2) is 0 Å². The molecule has 4 rings (SSSR count). The summed E-state index contributed by atoms with van der Waals surface area (Å²) in [7, 11) is 0. The Labute approximate surface area is 204 Å². The average molecular weight is 513 g/mol. The summed E-state index contributed by atoms with van der Waals surface area (Å²) in [5.74, 6) is -1.78. The summed E-state index contributed by atoms with van der Waals surface area (Å²) in [4.78, 5) is 28.1. The molecule has 188 valence electrons. The van der Waals surface area contributed by atoms with Crippen molar-refractivity contribution in [2.24, 2.45) is 0 Å². The van der Waals surface area contributed by atoms with Gasteiger partial charge in [-0.15, -0.1) is 0 Å². The third-order valence-corrected chi connectivity index (χ3v) is 6.89. The van der Waals surface area contributed by atoms with Crippen LogP contribution in [-0.2, 0) is 16.4 Å². The van der Waals surface area contributed by atoms with Crippen molar-refractivity contribution in [2.45, 2.75) is 24.4 Å². The third-order valence-electron chi connectivity index (χ3n) is 6.66. The van der Waals surface area contributed by atoms with Crippen molar-refractivity contribution in [3.05, 3.63) is 58.1 Å². The smallest absolute Gasteiger partial charge is 0.417 e. The number of piperidine rings is 1. The molecule has 2 N–H and O–H groups in total. The number of likely N-dealkylation sites (tertiary alicyclic amines) is 1. The number of aliphatic hydroxyl groups excluding tert-OH is 1. The molecule has 1 fully saturated rings. The van der Waals surface area contributed by atoms with E-state index in [1.807, 2.05) is 6.07 Å². The molecule has 0 radical (unpaired) electrons. The van der Waals surface area contributed by atoms with Gasteiger partial charge in [-0.2, -0.15) is 13.2 Å². The lowest BCUT2D eigenvalue weighted by atomic mass is 9.73. The number of carboxylic acid groups (broad SMARTS) is 1. The van der Waals surface area contributed by atoms with Crippen molar-refractivity contribution in [1.29, 1.82) is 0 Å². The Bertz CT molecular complexity index is 1130. The Hall–Kier alpha value is -2.82. The van der Waals surface area contributed by atoms with Crippen LogP contribution in [0.4, 0.5) is 18.9 Å². The molecule has 2 aliphatic heterocycles. The lowest BCUT2D eigenvalue weighted by Crippen LogP contribution is -2.49. The minimum absolute atomic E-state index is 0.0575. The number of fused-ring (bicyclic) bond motifs is 2. The standard InChI is InChI=1S/C24H24ClF3N2O5/c25-15-1-4-20-19(13-15)23(22(34)30(20)9-11-31)5-7-29(8-6-23)10-12-35-16-2-3-17(21(32)33)18(14-16)24(26,27)28/h1-4,13-14,31H,5-12H2,(H,32,33). The fourth-order valence-corrected chi connectivity index (χ4v) is 5.07. The topological polar surface area (TPSA) is 90.3 Å². The van der Waals surface area contributed by atoms with E-state index in [-0.39, 0.29) is 31.4 Å². The number of amides is 1. The van der Waals surface area contributed by atoms with Crippen molar-refractivity contribution in [2.75, 3.05) is 44.3 Å². The maximum atomic E-state index is 13.3. The highest BCUT2D eigenvalue weighted by molar-refractivity contribution is 6.31. The first-order chi connectivity index (χ1) is 16.6. The summed E-state index contributed by atoms with van der Waals surface area (Å²) in [5.41, 5.74) is -1.19. The van der Waals surface area contributed by atoms with Crippen molar-refractivity contribution in [1.82, 2.24) is 4.90 Å². The Morgan fingerprint density at radius 1 is 1.11 bits per heavy atom. The number of nitrogens with zero attached hydrogens (tertiary/aromatic N) is 2. The molecule has 2 heterocycles. The summed E-state index contributed by atoms with van der Waals surface area (Å²) < 4.78 is 45.1. The van der Waals surface area contributed by atoms with E-state index in [0.29, 0.717) is 43.6 Å². The van der Waals surface area contributed by atoms with Crippen LogP contribution in [-0.4, -0.2) is 66.4 Å². The predicted octanol–water partition coefficient (Wildman–Crippen LogP) is 3.81. The number of carboxylic acids is 1. The number of aromatic carboxylic acids is 1. The number of carbonyl (C=O) groups excluding carboxylic acids is 1. The highest BCUT2D eigenvalue weighted by Gasteiger charge is 2.51. The second-order valence-electron chi connectivity index (χ2n) is 8.62. The summed E-state index contributed by atoms with van der Waals surface area (Å²) in [5, 5.41) is 18.9. The molecule has 1 saturated heterocycles. The van der Waals surface area contributed by atoms with Gasteiger partial charge in [-0.05, 0) is 67.9 Å². The molecule has 0 bridgehead atoms. The van der Waals surface area contributed by atoms with Gasteiger partial charge >= 0.3 is 12.1 Å². The molecule has 35 heavy (non-hydrogen) atoms. The van der Waals surface area contributed by atoms with Crippen LogP contribution < -0.4 is 9.64 Å². The van der Waals surface area contributed by atoms with E-state index in [1.54, 1.807) is 17.0 Å². The molecular weight excluding hydrogens is 489 g/mol. The number of rotatable bonds is 7. The first-order valence-electron chi connectivity index (χ1n) is 11.1. The Morgan fingerprint density at radius 2 is 1.83 bits per heavy atom. The van der Waals surface area contributed by atoms with Crippen molar-refractivity contribution in [3.63, 3.8) is 0 Å². The van der Waals surface area contributed by atoms with Crippen molar-refractivity contribution < 1.29 is 37.7 Å². The van der Waals surface area contributed by atoms with Crippen molar-refractivity contribution >= 4 is 29.2 Å². The number of hydrogen-bond donors (Lipinski definition) is 2. The van der Waals surface area contributed by atoms with Crippen LogP contribution in [0.2, 0.25) is 5.02 Å². The SMILES string of the molecule is O=C(O)c1ccc(OCCN2CCC3(CC2)C(=O)N(CCO)c2ccc(Cl)cc23)cc1C(F)(F)F. The van der Waals surface area contributed by atoms with Gasteiger partial charge in [0.05, 0.1) is 23.1 Å². The number of halogens is 4. The number of carbonyl (C=O) groups is 2. The molecule has 11 heteroatoms. The van der Waals surface area contributed by atoms with Crippen LogP contribution in [0.1, 0.15) is 34.3 Å². The van der Waals surface area contributed by atoms with Crippen LogP contribution in [0.15, 0.2) is 36.4 Å². The van der Waals surface area contributed by atoms with Crippen LogP contribution in [0.25, 0.3) is 0 Å². The van der Waals surface area contributed by atoms with E-state index >= 15 is 0 Å². The van der Waals surface area contributed by atoms with Gasteiger partial charge in [-0.1, -0.05) is 11.6 Å². The molecular formula is C24H24ClF3N2O5. The highest BCUT2D eigenvalue weighted by atomic mass is 35.5. The molecule has 2 aliphatic rings. The van der Waals surface area contributed by atoms with Gasteiger partial charge < -0.3 is 19.8 Å². The minimum atomic E-state index is -4.81. The minimum Gasteiger partial charge on any atom is -0.492 e. The van der Waals surface area contributed by atoms with E-state index < -0.39 is 28.7 Å². The number of anilines is 1. The van der Waals surface area contributed by atoms with Crippen LogP contribution in [0.3, 0.4) is 0 Å². The summed E-state index contributed by atoms with van der Waals surface area (Å²) >= 11 is 6.21.